The van der Waals surface area contributed by atoms with Crippen molar-refractivity contribution in [2.24, 2.45) is 7.05 Å². The molecule has 0 atom stereocenters. The molecule has 1 aliphatic rings. The molecule has 2 heterocycles. The second-order valence-corrected chi connectivity index (χ2v) is 7.41. The number of thioether (sulfide) groups is 1. The van der Waals surface area contributed by atoms with Crippen LogP contribution in [0.15, 0.2) is 70.4 Å². The first kappa shape index (κ1) is 18.1. The SMILES string of the molecule is Cc1c(N2C(=N)S/C(=C\c3ccccc3)C2=O)c(=O)n(-c2ccccc2)n1C. The molecule has 0 radical (unpaired) electrons. The van der Waals surface area contributed by atoms with Crippen LogP contribution in [0.4, 0.5) is 5.69 Å². The zero-order valence-corrected chi connectivity index (χ0v) is 16.2. The van der Waals surface area contributed by atoms with Gasteiger partial charge in [0.05, 0.1) is 16.3 Å². The average molecular weight is 390 g/mol. The number of nitrogens with zero attached hydrogens (tertiary/aromatic N) is 3. The fourth-order valence-electron chi connectivity index (χ4n) is 3.20. The molecular weight excluding hydrogens is 372 g/mol. The lowest BCUT2D eigenvalue weighted by atomic mass is 10.2. The van der Waals surface area contributed by atoms with Crippen LogP contribution in [0.1, 0.15) is 11.3 Å². The first-order valence-corrected chi connectivity index (χ1v) is 9.52. The Morgan fingerprint density at radius 3 is 2.21 bits per heavy atom. The first-order valence-electron chi connectivity index (χ1n) is 8.70. The van der Waals surface area contributed by atoms with E-state index in [-0.39, 0.29) is 22.3 Å². The molecule has 1 aromatic heterocycles. The van der Waals surface area contributed by atoms with Crippen LogP contribution in [0.2, 0.25) is 0 Å². The second kappa shape index (κ2) is 7.01. The topological polar surface area (TPSA) is 71.1 Å². The van der Waals surface area contributed by atoms with Gasteiger partial charge < -0.3 is 0 Å². The van der Waals surface area contributed by atoms with Gasteiger partial charge in [-0.25, -0.2) is 9.58 Å². The van der Waals surface area contributed by atoms with Gasteiger partial charge in [-0.3, -0.25) is 19.7 Å². The third-order valence-electron chi connectivity index (χ3n) is 4.67. The Balaban J connectivity index is 1.80. The van der Waals surface area contributed by atoms with Crippen molar-refractivity contribution in [2.45, 2.75) is 6.92 Å². The number of rotatable bonds is 3. The molecule has 4 rings (SSSR count). The molecule has 0 bridgehead atoms. The number of hydrogen-bond donors (Lipinski definition) is 1. The van der Waals surface area contributed by atoms with Gasteiger partial charge in [-0.2, -0.15) is 0 Å². The van der Waals surface area contributed by atoms with Crippen molar-refractivity contribution < 1.29 is 4.79 Å². The van der Waals surface area contributed by atoms with E-state index < -0.39 is 0 Å². The largest absolute Gasteiger partial charge is 0.296 e. The van der Waals surface area contributed by atoms with E-state index in [1.807, 2.05) is 60.7 Å². The smallest absolute Gasteiger partial charge is 0.283 e. The number of hydrogen-bond acceptors (Lipinski definition) is 4. The molecule has 1 aliphatic heterocycles. The average Bonchev–Trinajstić information content (AvgIpc) is 3.09. The molecule has 1 saturated heterocycles. The number of carbonyl (C=O) groups excluding carboxylic acids is 1. The van der Waals surface area contributed by atoms with Gasteiger partial charge in [-0.1, -0.05) is 48.5 Å². The van der Waals surface area contributed by atoms with Gasteiger partial charge in [0.15, 0.2) is 5.17 Å². The molecule has 6 nitrogen and oxygen atoms in total. The maximum absolute atomic E-state index is 13.2. The maximum Gasteiger partial charge on any atom is 0.296 e. The van der Waals surface area contributed by atoms with Crippen molar-refractivity contribution in [3.63, 3.8) is 0 Å². The van der Waals surface area contributed by atoms with E-state index in [9.17, 15) is 9.59 Å². The highest BCUT2D eigenvalue weighted by Gasteiger charge is 2.37. The van der Waals surface area contributed by atoms with Gasteiger partial charge in [0.25, 0.3) is 11.5 Å². The number of amidine groups is 1. The summed E-state index contributed by atoms with van der Waals surface area (Å²) in [5.74, 6) is -0.357. The van der Waals surface area contributed by atoms with Crippen molar-refractivity contribution in [1.29, 1.82) is 5.41 Å². The summed E-state index contributed by atoms with van der Waals surface area (Å²) in [7, 11) is 1.77. The zero-order chi connectivity index (χ0) is 19.8. The number of carbonyl (C=O) groups is 1. The van der Waals surface area contributed by atoms with Crippen LogP contribution in [0.5, 0.6) is 0 Å². The van der Waals surface area contributed by atoms with E-state index in [4.69, 9.17) is 5.41 Å². The molecule has 3 aromatic rings. The molecule has 7 heteroatoms. The lowest BCUT2D eigenvalue weighted by Gasteiger charge is -2.12. The molecule has 0 spiro atoms. The Hall–Kier alpha value is -3.32. The van der Waals surface area contributed by atoms with Crippen molar-refractivity contribution in [1.82, 2.24) is 9.36 Å². The lowest BCUT2D eigenvalue weighted by molar-refractivity contribution is -0.113. The lowest BCUT2D eigenvalue weighted by Crippen LogP contribution is -2.33. The number of anilines is 1. The van der Waals surface area contributed by atoms with E-state index in [0.717, 1.165) is 17.3 Å². The number of aromatic nitrogens is 2. The van der Waals surface area contributed by atoms with E-state index in [1.165, 1.54) is 9.58 Å². The Bertz CT molecular complexity index is 1160. The third kappa shape index (κ3) is 2.90. The minimum Gasteiger partial charge on any atom is -0.283 e. The van der Waals surface area contributed by atoms with Crippen molar-refractivity contribution in [3.8, 4) is 5.69 Å². The van der Waals surface area contributed by atoms with Crippen LogP contribution >= 0.6 is 11.8 Å². The first-order chi connectivity index (χ1) is 13.5. The highest BCUT2D eigenvalue weighted by Crippen LogP contribution is 2.35. The Labute approximate surface area is 166 Å². The van der Waals surface area contributed by atoms with Crippen LogP contribution in [-0.4, -0.2) is 20.4 Å². The molecule has 28 heavy (non-hydrogen) atoms. The summed E-state index contributed by atoms with van der Waals surface area (Å²) < 4.78 is 3.21. The molecule has 1 amide bonds. The number of para-hydroxylation sites is 1. The molecule has 140 valence electrons. The number of amides is 1. The summed E-state index contributed by atoms with van der Waals surface area (Å²) in [6.07, 6.45) is 1.75. The Morgan fingerprint density at radius 2 is 1.57 bits per heavy atom. The fraction of sp³-hybridized carbons (Fsp3) is 0.0952. The predicted molar refractivity (Wildman–Crippen MR) is 113 cm³/mol. The third-order valence-corrected chi connectivity index (χ3v) is 5.56. The second-order valence-electron chi connectivity index (χ2n) is 6.38. The number of benzene rings is 2. The van der Waals surface area contributed by atoms with Gasteiger partial charge >= 0.3 is 0 Å². The highest BCUT2D eigenvalue weighted by atomic mass is 32.2. The predicted octanol–water partition coefficient (Wildman–Crippen LogP) is 3.54. The molecule has 0 saturated carbocycles. The molecular formula is C21H18N4O2S. The zero-order valence-electron chi connectivity index (χ0n) is 15.4. The molecule has 0 aliphatic carbocycles. The van der Waals surface area contributed by atoms with Crippen LogP contribution in [-0.2, 0) is 11.8 Å². The summed E-state index contributed by atoms with van der Waals surface area (Å²) >= 11 is 1.06. The standard InChI is InChI=1S/C21H18N4O2S/c1-14-18(20(27)25(23(14)2)16-11-7-4-8-12-16)24-19(26)17(28-21(24)22)13-15-9-5-3-6-10-15/h3-13,22H,1-2H3/b17-13-,22-21?. The van der Waals surface area contributed by atoms with Gasteiger partial charge in [-0.05, 0) is 42.5 Å². The Kier molecular flexibility index (Phi) is 4.52. The molecule has 2 aromatic carbocycles. The summed E-state index contributed by atoms with van der Waals surface area (Å²) in [6.45, 7) is 1.78. The van der Waals surface area contributed by atoms with Crippen LogP contribution in [0.25, 0.3) is 11.8 Å². The summed E-state index contributed by atoms with van der Waals surface area (Å²) in [5, 5.41) is 8.34. The quantitative estimate of drug-likeness (QED) is 0.696. The molecule has 1 N–H and O–H groups in total. The highest BCUT2D eigenvalue weighted by molar-refractivity contribution is 8.19. The summed E-state index contributed by atoms with van der Waals surface area (Å²) in [6, 6.07) is 18.7. The van der Waals surface area contributed by atoms with Crippen molar-refractivity contribution >= 4 is 34.6 Å². The number of nitrogens with one attached hydrogen (secondary N) is 1. The van der Waals surface area contributed by atoms with Gasteiger partial charge in [-0.15, -0.1) is 0 Å². The van der Waals surface area contributed by atoms with Crippen molar-refractivity contribution in [3.05, 3.63) is 87.2 Å². The Morgan fingerprint density at radius 1 is 0.964 bits per heavy atom. The van der Waals surface area contributed by atoms with Crippen LogP contribution < -0.4 is 10.5 Å². The minimum absolute atomic E-state index is 0.0261. The van der Waals surface area contributed by atoms with E-state index in [0.29, 0.717) is 16.3 Å². The van der Waals surface area contributed by atoms with Crippen LogP contribution in [0.3, 0.4) is 0 Å². The maximum atomic E-state index is 13.2. The van der Waals surface area contributed by atoms with Gasteiger partial charge in [0.1, 0.15) is 5.69 Å². The van der Waals surface area contributed by atoms with E-state index in [2.05, 4.69) is 0 Å². The summed E-state index contributed by atoms with van der Waals surface area (Å²) in [5.41, 5.74) is 2.08. The fourth-order valence-corrected chi connectivity index (χ4v) is 4.05. The normalized spacial score (nSPS) is 15.6. The summed E-state index contributed by atoms with van der Waals surface area (Å²) in [4.78, 5) is 27.8. The van der Waals surface area contributed by atoms with Gasteiger partial charge in [0, 0.05) is 7.05 Å². The monoisotopic (exact) mass is 390 g/mol. The van der Waals surface area contributed by atoms with Gasteiger partial charge in [0.2, 0.25) is 0 Å². The van der Waals surface area contributed by atoms with Crippen molar-refractivity contribution in [2.75, 3.05) is 4.90 Å². The minimum atomic E-state index is -0.357. The van der Waals surface area contributed by atoms with Crippen LogP contribution in [0, 0.1) is 12.3 Å². The molecule has 1 fully saturated rings. The van der Waals surface area contributed by atoms with E-state index in [1.54, 1.807) is 24.7 Å². The van der Waals surface area contributed by atoms with E-state index >= 15 is 0 Å². The molecule has 0 unspecified atom stereocenters.